The van der Waals surface area contributed by atoms with Crippen LogP contribution in [0, 0.1) is 0 Å². The van der Waals surface area contributed by atoms with Gasteiger partial charge in [0, 0.05) is 11.1 Å². The first-order valence-corrected chi connectivity index (χ1v) is 15.9. The van der Waals surface area contributed by atoms with Gasteiger partial charge in [-0.3, -0.25) is 0 Å². The monoisotopic (exact) mass is 543 g/mol. The van der Waals surface area contributed by atoms with E-state index in [9.17, 15) is 0 Å². The summed E-state index contributed by atoms with van der Waals surface area (Å²) in [6.45, 7) is 0. The predicted molar refractivity (Wildman–Crippen MR) is 174 cm³/mol. The molecule has 2 aliphatic rings. The van der Waals surface area contributed by atoms with E-state index in [1.54, 1.807) is 0 Å². The van der Waals surface area contributed by atoms with E-state index < -0.39 is 7.92 Å². The number of hydrogen-bond donors (Lipinski definition) is 0. The van der Waals surface area contributed by atoms with Crippen LogP contribution < -0.4 is 15.9 Å². The molecule has 1 aromatic heterocycles. The quantitative estimate of drug-likeness (QED) is 0.205. The van der Waals surface area contributed by atoms with Crippen molar-refractivity contribution in [3.63, 3.8) is 0 Å². The van der Waals surface area contributed by atoms with Crippen molar-refractivity contribution in [2.75, 3.05) is 0 Å². The Kier molecular flexibility index (Phi) is 6.12. The minimum Gasteiger partial charge on any atom is -0.247 e. The first-order chi connectivity index (χ1) is 20.3. The lowest BCUT2D eigenvalue weighted by molar-refractivity contribution is 0.892. The molecule has 2 aliphatic carbocycles. The molecule has 196 valence electrons. The second-order valence-corrected chi connectivity index (χ2v) is 13.2. The third-order valence-corrected chi connectivity index (χ3v) is 11.1. The molecular formula is C39H30NP. The highest BCUT2D eigenvalue weighted by molar-refractivity contribution is 7.79. The van der Waals surface area contributed by atoms with Gasteiger partial charge in [0.1, 0.15) is 0 Å². The van der Waals surface area contributed by atoms with E-state index in [0.29, 0.717) is 0 Å². The van der Waals surface area contributed by atoms with E-state index in [1.807, 2.05) is 0 Å². The summed E-state index contributed by atoms with van der Waals surface area (Å²) >= 11 is 0. The number of rotatable bonds is 4. The average Bonchev–Trinajstić information content (AvgIpc) is 3.05. The van der Waals surface area contributed by atoms with E-state index in [2.05, 4.69) is 133 Å². The van der Waals surface area contributed by atoms with E-state index in [4.69, 9.17) is 4.98 Å². The molecule has 0 saturated carbocycles. The Morgan fingerprint density at radius 1 is 0.415 bits per heavy atom. The van der Waals surface area contributed by atoms with Crippen molar-refractivity contribution in [1.82, 2.24) is 4.98 Å². The highest BCUT2D eigenvalue weighted by Gasteiger charge is 2.29. The van der Waals surface area contributed by atoms with Crippen molar-refractivity contribution in [3.05, 3.63) is 156 Å². The summed E-state index contributed by atoms with van der Waals surface area (Å²) in [7, 11) is -0.628. The van der Waals surface area contributed by atoms with Crippen molar-refractivity contribution >= 4 is 23.8 Å². The Balaban J connectivity index is 1.31. The fourth-order valence-electron chi connectivity index (χ4n) is 6.78. The van der Waals surface area contributed by atoms with Crippen LogP contribution in [0.1, 0.15) is 22.3 Å². The molecule has 0 amide bonds. The van der Waals surface area contributed by atoms with Crippen LogP contribution in [-0.4, -0.2) is 4.98 Å². The Hall–Kier alpha value is -4.32. The first-order valence-electron chi connectivity index (χ1n) is 14.6. The number of nitrogens with zero attached hydrogens (tertiary/aromatic N) is 1. The standard InChI is InChI=1S/C39H30NP/c1-3-13-30(14-4-1)41(31-15-5-2-6-16-31)32-23-19-29(20-24-32)37-35-25-21-27-11-7-9-17-33(27)38(35)40-39-34-18-10-8-12-28(34)22-26-36(37)39/h1-20,23-24H,21-22,25-26H2. The lowest BCUT2D eigenvalue weighted by Gasteiger charge is -2.29. The van der Waals surface area contributed by atoms with E-state index in [0.717, 1.165) is 25.7 Å². The number of pyridine rings is 1. The fourth-order valence-corrected chi connectivity index (χ4v) is 9.07. The molecule has 1 heterocycles. The maximum atomic E-state index is 5.45. The Bertz CT molecular complexity index is 1760. The number of benzene rings is 5. The molecule has 5 aromatic carbocycles. The summed E-state index contributed by atoms with van der Waals surface area (Å²) in [5.41, 5.74) is 13.4. The van der Waals surface area contributed by atoms with Gasteiger partial charge in [-0.1, -0.05) is 133 Å². The van der Waals surface area contributed by atoms with Crippen LogP contribution in [0.15, 0.2) is 133 Å². The Labute approximate surface area is 243 Å². The zero-order valence-corrected chi connectivity index (χ0v) is 23.8. The summed E-state index contributed by atoms with van der Waals surface area (Å²) in [6.07, 6.45) is 4.20. The van der Waals surface area contributed by atoms with Gasteiger partial charge >= 0.3 is 0 Å². The molecule has 6 aromatic rings. The van der Waals surface area contributed by atoms with Crippen molar-refractivity contribution in [2.24, 2.45) is 0 Å². The third kappa shape index (κ3) is 4.24. The van der Waals surface area contributed by atoms with E-state index in [-0.39, 0.29) is 0 Å². The summed E-state index contributed by atoms with van der Waals surface area (Å²) in [6, 6.07) is 49.2. The van der Waals surface area contributed by atoms with Gasteiger partial charge in [-0.2, -0.15) is 0 Å². The van der Waals surface area contributed by atoms with Crippen LogP contribution in [0.5, 0.6) is 0 Å². The number of aromatic nitrogens is 1. The summed E-state index contributed by atoms with van der Waals surface area (Å²) in [5, 5.41) is 4.15. The largest absolute Gasteiger partial charge is 0.247 e. The van der Waals surface area contributed by atoms with Crippen molar-refractivity contribution < 1.29 is 0 Å². The molecule has 0 fully saturated rings. The van der Waals surface area contributed by atoms with Crippen LogP contribution in [0.2, 0.25) is 0 Å². The average molecular weight is 544 g/mol. The van der Waals surface area contributed by atoms with Crippen molar-refractivity contribution in [2.45, 2.75) is 25.7 Å². The summed E-state index contributed by atoms with van der Waals surface area (Å²) < 4.78 is 0. The van der Waals surface area contributed by atoms with Crippen LogP contribution in [0.25, 0.3) is 33.6 Å². The van der Waals surface area contributed by atoms with Gasteiger partial charge in [-0.05, 0) is 82.9 Å². The van der Waals surface area contributed by atoms with Crippen LogP contribution >= 0.6 is 7.92 Å². The maximum Gasteiger partial charge on any atom is 0.0750 e. The van der Waals surface area contributed by atoms with Gasteiger partial charge < -0.3 is 0 Å². The minimum absolute atomic E-state index is 0.628. The molecular weight excluding hydrogens is 513 g/mol. The predicted octanol–water partition coefficient (Wildman–Crippen LogP) is 8.04. The molecule has 0 atom stereocenters. The van der Waals surface area contributed by atoms with Crippen LogP contribution in [0.4, 0.5) is 0 Å². The number of aryl methyl sites for hydroxylation is 2. The molecule has 0 saturated heterocycles. The van der Waals surface area contributed by atoms with Gasteiger partial charge in [-0.15, -0.1) is 0 Å². The molecule has 0 aliphatic heterocycles. The van der Waals surface area contributed by atoms with Crippen molar-refractivity contribution in [3.8, 4) is 33.6 Å². The Morgan fingerprint density at radius 3 is 1.37 bits per heavy atom. The highest BCUT2D eigenvalue weighted by Crippen LogP contribution is 2.45. The Morgan fingerprint density at radius 2 is 0.854 bits per heavy atom. The van der Waals surface area contributed by atoms with Crippen LogP contribution in [-0.2, 0) is 25.7 Å². The maximum absolute atomic E-state index is 5.45. The summed E-state index contributed by atoms with van der Waals surface area (Å²) in [5.74, 6) is 0. The third-order valence-electron chi connectivity index (χ3n) is 8.68. The zero-order chi connectivity index (χ0) is 27.2. The second kappa shape index (κ2) is 10.3. The lowest BCUT2D eigenvalue weighted by Crippen LogP contribution is -2.20. The number of hydrogen-bond acceptors (Lipinski definition) is 1. The van der Waals surface area contributed by atoms with Crippen molar-refractivity contribution in [1.29, 1.82) is 0 Å². The molecule has 8 rings (SSSR count). The van der Waals surface area contributed by atoms with Gasteiger partial charge in [-0.25, -0.2) is 4.98 Å². The molecule has 0 radical (unpaired) electrons. The topological polar surface area (TPSA) is 12.9 Å². The van der Waals surface area contributed by atoms with Gasteiger partial charge in [0.15, 0.2) is 0 Å². The first kappa shape index (κ1) is 24.5. The van der Waals surface area contributed by atoms with Gasteiger partial charge in [0.2, 0.25) is 0 Å². The second-order valence-electron chi connectivity index (χ2n) is 11.0. The molecule has 0 unspecified atom stereocenters. The minimum atomic E-state index is -0.628. The van der Waals surface area contributed by atoms with E-state index >= 15 is 0 Å². The summed E-state index contributed by atoms with van der Waals surface area (Å²) in [4.78, 5) is 5.45. The lowest BCUT2D eigenvalue weighted by atomic mass is 9.78. The zero-order valence-electron chi connectivity index (χ0n) is 22.9. The molecule has 0 N–H and O–H groups in total. The molecule has 1 nitrogen and oxygen atoms in total. The molecule has 41 heavy (non-hydrogen) atoms. The van der Waals surface area contributed by atoms with E-state index in [1.165, 1.54) is 71.8 Å². The normalized spacial score (nSPS) is 13.2. The molecule has 0 bridgehead atoms. The molecule has 0 spiro atoms. The SMILES string of the molecule is c1ccc(P(c2ccccc2)c2ccc(-c3c4c(nc5c3CCc3ccccc3-5)-c3ccccc3CC4)cc2)cc1. The van der Waals surface area contributed by atoms with Gasteiger partial charge in [0.05, 0.1) is 11.4 Å². The fraction of sp³-hybridized carbons (Fsp3) is 0.103. The van der Waals surface area contributed by atoms with Gasteiger partial charge in [0.25, 0.3) is 0 Å². The number of fused-ring (bicyclic) bond motifs is 6. The molecule has 2 heteroatoms. The van der Waals surface area contributed by atoms with Crippen LogP contribution in [0.3, 0.4) is 0 Å². The highest BCUT2D eigenvalue weighted by atomic mass is 31.1. The smallest absolute Gasteiger partial charge is 0.0750 e.